The third kappa shape index (κ3) is 24.0. The molecule has 3 nitrogen and oxygen atoms in total. The van der Waals surface area contributed by atoms with Gasteiger partial charge in [-0.05, 0) is 12.8 Å². The van der Waals surface area contributed by atoms with E-state index in [4.69, 9.17) is 9.47 Å². The number of hydrogen-bond acceptors (Lipinski definition) is 3. The SMILES string of the molecule is CCCCCCCCCCCCOCC(CO)OCCCCCCCCCCC. The van der Waals surface area contributed by atoms with Crippen molar-refractivity contribution in [2.45, 2.75) is 142 Å². The summed E-state index contributed by atoms with van der Waals surface area (Å²) in [5.41, 5.74) is 0. The van der Waals surface area contributed by atoms with Crippen LogP contribution >= 0.6 is 0 Å². The summed E-state index contributed by atoms with van der Waals surface area (Å²) in [6.07, 6.45) is 25.2. The molecule has 1 N–H and O–H groups in total. The molecule has 0 aliphatic carbocycles. The van der Waals surface area contributed by atoms with Gasteiger partial charge < -0.3 is 14.6 Å². The second-order valence-electron chi connectivity index (χ2n) is 8.76. The quantitative estimate of drug-likeness (QED) is 0.155. The van der Waals surface area contributed by atoms with Crippen LogP contribution in [0, 0.1) is 0 Å². The van der Waals surface area contributed by atoms with Gasteiger partial charge in [0.15, 0.2) is 0 Å². The maximum Gasteiger partial charge on any atom is 0.104 e. The van der Waals surface area contributed by atoms with Gasteiger partial charge in [0, 0.05) is 13.2 Å². The fourth-order valence-corrected chi connectivity index (χ4v) is 3.72. The molecule has 0 saturated heterocycles. The Labute approximate surface area is 183 Å². The number of hydrogen-bond donors (Lipinski definition) is 1. The first-order valence-corrected chi connectivity index (χ1v) is 13.1. The van der Waals surface area contributed by atoms with Crippen molar-refractivity contribution >= 4 is 0 Å². The lowest BCUT2D eigenvalue weighted by atomic mass is 10.1. The summed E-state index contributed by atoms with van der Waals surface area (Å²) in [6.45, 7) is 6.69. The van der Waals surface area contributed by atoms with Crippen molar-refractivity contribution in [1.82, 2.24) is 0 Å². The van der Waals surface area contributed by atoms with Crippen LogP contribution in [0.4, 0.5) is 0 Å². The molecule has 176 valence electrons. The predicted octanol–water partition coefficient (Wildman–Crippen LogP) is 7.83. The number of rotatable bonds is 25. The molecular formula is C26H54O3. The summed E-state index contributed by atoms with van der Waals surface area (Å²) in [5.74, 6) is 0. The Kier molecular flexibility index (Phi) is 25.8. The lowest BCUT2D eigenvalue weighted by Gasteiger charge is -2.15. The van der Waals surface area contributed by atoms with E-state index < -0.39 is 0 Å². The first kappa shape index (κ1) is 28.9. The molecule has 0 spiro atoms. The van der Waals surface area contributed by atoms with Crippen LogP contribution < -0.4 is 0 Å². The van der Waals surface area contributed by atoms with E-state index in [-0.39, 0.29) is 12.7 Å². The summed E-state index contributed by atoms with van der Waals surface area (Å²) < 4.78 is 11.5. The Bertz CT molecular complexity index is 283. The molecule has 0 fully saturated rings. The molecule has 0 aromatic heterocycles. The molecular weight excluding hydrogens is 360 g/mol. The van der Waals surface area contributed by atoms with Gasteiger partial charge in [0.1, 0.15) is 6.10 Å². The zero-order valence-corrected chi connectivity index (χ0v) is 20.1. The van der Waals surface area contributed by atoms with Crippen LogP contribution in [-0.4, -0.2) is 37.6 Å². The van der Waals surface area contributed by atoms with Gasteiger partial charge in [-0.1, -0.05) is 123 Å². The lowest BCUT2D eigenvalue weighted by Crippen LogP contribution is -2.24. The van der Waals surface area contributed by atoms with E-state index in [2.05, 4.69) is 13.8 Å². The van der Waals surface area contributed by atoms with E-state index in [1.807, 2.05) is 0 Å². The van der Waals surface area contributed by atoms with E-state index in [0.29, 0.717) is 6.61 Å². The molecule has 0 bridgehead atoms. The highest BCUT2D eigenvalue weighted by molar-refractivity contribution is 4.55. The van der Waals surface area contributed by atoms with E-state index >= 15 is 0 Å². The molecule has 0 radical (unpaired) electrons. The molecule has 29 heavy (non-hydrogen) atoms. The minimum atomic E-state index is -0.146. The monoisotopic (exact) mass is 414 g/mol. The van der Waals surface area contributed by atoms with E-state index in [9.17, 15) is 5.11 Å². The van der Waals surface area contributed by atoms with Crippen LogP contribution in [0.15, 0.2) is 0 Å². The van der Waals surface area contributed by atoms with Crippen LogP contribution in [0.1, 0.15) is 136 Å². The average molecular weight is 415 g/mol. The third-order valence-electron chi connectivity index (χ3n) is 5.75. The summed E-state index contributed by atoms with van der Waals surface area (Å²) in [6, 6.07) is 0. The van der Waals surface area contributed by atoms with Gasteiger partial charge >= 0.3 is 0 Å². The first-order valence-electron chi connectivity index (χ1n) is 13.1. The average Bonchev–Trinajstić information content (AvgIpc) is 2.74. The third-order valence-corrected chi connectivity index (χ3v) is 5.75. The van der Waals surface area contributed by atoms with Gasteiger partial charge in [0.2, 0.25) is 0 Å². The number of aliphatic hydroxyl groups excluding tert-OH is 1. The molecule has 0 saturated carbocycles. The highest BCUT2D eigenvalue weighted by atomic mass is 16.5. The minimum Gasteiger partial charge on any atom is -0.394 e. The van der Waals surface area contributed by atoms with Gasteiger partial charge in [0.05, 0.1) is 13.2 Å². The fourth-order valence-electron chi connectivity index (χ4n) is 3.72. The van der Waals surface area contributed by atoms with Crippen molar-refractivity contribution in [2.24, 2.45) is 0 Å². The van der Waals surface area contributed by atoms with Crippen molar-refractivity contribution in [3.63, 3.8) is 0 Å². The maximum absolute atomic E-state index is 9.44. The van der Waals surface area contributed by atoms with Crippen molar-refractivity contribution in [1.29, 1.82) is 0 Å². The molecule has 0 aliphatic rings. The van der Waals surface area contributed by atoms with Crippen LogP contribution in [0.2, 0.25) is 0 Å². The topological polar surface area (TPSA) is 38.7 Å². The molecule has 0 aromatic carbocycles. The van der Waals surface area contributed by atoms with Gasteiger partial charge in [0.25, 0.3) is 0 Å². The van der Waals surface area contributed by atoms with Gasteiger partial charge in [-0.2, -0.15) is 0 Å². The second-order valence-corrected chi connectivity index (χ2v) is 8.76. The Morgan fingerprint density at radius 3 is 1.31 bits per heavy atom. The fraction of sp³-hybridized carbons (Fsp3) is 1.00. The van der Waals surface area contributed by atoms with E-state index in [1.165, 1.54) is 109 Å². The zero-order chi connectivity index (χ0) is 21.3. The number of aliphatic hydroxyl groups is 1. The van der Waals surface area contributed by atoms with Gasteiger partial charge in [-0.25, -0.2) is 0 Å². The molecule has 1 unspecified atom stereocenters. The van der Waals surface area contributed by atoms with E-state index in [0.717, 1.165) is 26.1 Å². The molecule has 0 amide bonds. The Morgan fingerprint density at radius 2 is 0.897 bits per heavy atom. The van der Waals surface area contributed by atoms with Crippen LogP contribution in [0.25, 0.3) is 0 Å². The van der Waals surface area contributed by atoms with Crippen LogP contribution in [0.3, 0.4) is 0 Å². The van der Waals surface area contributed by atoms with Crippen molar-refractivity contribution in [3.05, 3.63) is 0 Å². The number of unbranched alkanes of at least 4 members (excludes halogenated alkanes) is 17. The molecule has 0 heterocycles. The Morgan fingerprint density at radius 1 is 0.517 bits per heavy atom. The molecule has 1 atom stereocenters. The van der Waals surface area contributed by atoms with Crippen LogP contribution in [-0.2, 0) is 9.47 Å². The lowest BCUT2D eigenvalue weighted by molar-refractivity contribution is -0.0437. The van der Waals surface area contributed by atoms with Crippen molar-refractivity contribution < 1.29 is 14.6 Å². The summed E-state index contributed by atoms with van der Waals surface area (Å²) >= 11 is 0. The van der Waals surface area contributed by atoms with Crippen molar-refractivity contribution in [3.8, 4) is 0 Å². The molecule has 0 aromatic rings. The highest BCUT2D eigenvalue weighted by Gasteiger charge is 2.07. The Hall–Kier alpha value is -0.120. The van der Waals surface area contributed by atoms with Gasteiger partial charge in [-0.3, -0.25) is 0 Å². The van der Waals surface area contributed by atoms with E-state index in [1.54, 1.807) is 0 Å². The standard InChI is InChI=1S/C26H54O3/c1-3-5-7-9-11-13-15-16-18-20-22-28-25-26(24-27)29-23-21-19-17-14-12-10-8-6-4-2/h26-27H,3-25H2,1-2H3. The molecule has 3 heteroatoms. The predicted molar refractivity (Wildman–Crippen MR) is 127 cm³/mol. The summed E-state index contributed by atoms with van der Waals surface area (Å²) in [4.78, 5) is 0. The smallest absolute Gasteiger partial charge is 0.104 e. The summed E-state index contributed by atoms with van der Waals surface area (Å²) in [5, 5.41) is 9.44. The first-order chi connectivity index (χ1) is 14.3. The molecule has 0 aliphatic heterocycles. The largest absolute Gasteiger partial charge is 0.394 e. The normalized spacial score (nSPS) is 12.5. The Balaban J connectivity index is 3.27. The second kappa shape index (κ2) is 25.9. The van der Waals surface area contributed by atoms with Crippen LogP contribution in [0.5, 0.6) is 0 Å². The van der Waals surface area contributed by atoms with Crippen molar-refractivity contribution in [2.75, 3.05) is 26.4 Å². The molecule has 0 rings (SSSR count). The highest BCUT2D eigenvalue weighted by Crippen LogP contribution is 2.11. The minimum absolute atomic E-state index is 0.0649. The van der Waals surface area contributed by atoms with Gasteiger partial charge in [-0.15, -0.1) is 0 Å². The number of ether oxygens (including phenoxy) is 2. The summed E-state index contributed by atoms with van der Waals surface area (Å²) in [7, 11) is 0. The zero-order valence-electron chi connectivity index (χ0n) is 20.1. The maximum atomic E-state index is 9.44.